The Balaban J connectivity index is 2.03. The van der Waals surface area contributed by atoms with Gasteiger partial charge >= 0.3 is 0 Å². The molecule has 0 saturated carbocycles. The summed E-state index contributed by atoms with van der Waals surface area (Å²) >= 11 is 3.47. The number of carbonyl (C=O) groups is 2. The van der Waals surface area contributed by atoms with Gasteiger partial charge in [-0.15, -0.1) is 0 Å². The minimum Gasteiger partial charge on any atom is -0.352 e. The van der Waals surface area contributed by atoms with Crippen molar-refractivity contribution in [2.45, 2.75) is 70.5 Å². The van der Waals surface area contributed by atoms with E-state index in [9.17, 15) is 18.0 Å². The van der Waals surface area contributed by atoms with Gasteiger partial charge in [-0.3, -0.25) is 13.9 Å². The van der Waals surface area contributed by atoms with Crippen molar-refractivity contribution in [2.75, 3.05) is 10.8 Å². The molecule has 9 heteroatoms. The van der Waals surface area contributed by atoms with E-state index in [4.69, 9.17) is 0 Å². The Morgan fingerprint density at radius 2 is 1.55 bits per heavy atom. The van der Waals surface area contributed by atoms with E-state index in [0.29, 0.717) is 5.69 Å². The number of hydrogen-bond acceptors (Lipinski definition) is 4. The quantitative estimate of drug-likeness (QED) is 0.263. The standard InChI is InChI=1S/C31H38BrN3O4S/c1-6-23(4)33-31(37)24(5)34(20-25-11-10-12-27(32)19-25)30(36)21-35(28-17-15-26(16-18-28)22(2)3)40(38,39)29-13-8-7-9-14-29/h7-19,22-24H,6,20-21H2,1-5H3,(H,33,37)/t23-,24+/m0/s1. The zero-order valence-corrected chi connectivity index (χ0v) is 26.1. The SMILES string of the molecule is CC[C@H](C)NC(=O)[C@@H](C)N(Cc1cccc(Br)c1)C(=O)CN(c1ccc(C(C)C)cc1)S(=O)(=O)c1ccccc1. The second-order valence-electron chi connectivity index (χ2n) is 10.2. The van der Waals surface area contributed by atoms with Crippen molar-refractivity contribution in [1.29, 1.82) is 0 Å². The normalized spacial score (nSPS) is 13.0. The Morgan fingerprint density at radius 1 is 0.900 bits per heavy atom. The van der Waals surface area contributed by atoms with Gasteiger partial charge in [0.1, 0.15) is 12.6 Å². The average molecular weight is 629 g/mol. The third-order valence-electron chi connectivity index (χ3n) is 6.87. The maximum absolute atomic E-state index is 14.0. The molecule has 0 aliphatic heterocycles. The van der Waals surface area contributed by atoms with Crippen LogP contribution in [0.2, 0.25) is 0 Å². The lowest BCUT2D eigenvalue weighted by atomic mass is 10.0. The number of nitrogens with zero attached hydrogens (tertiary/aromatic N) is 2. The Labute approximate surface area is 246 Å². The lowest BCUT2D eigenvalue weighted by Gasteiger charge is -2.32. The monoisotopic (exact) mass is 627 g/mol. The molecule has 0 radical (unpaired) electrons. The highest BCUT2D eigenvalue weighted by Crippen LogP contribution is 2.27. The highest BCUT2D eigenvalue weighted by atomic mass is 79.9. The third kappa shape index (κ3) is 7.95. The fourth-order valence-corrected chi connectivity index (χ4v) is 6.04. The topological polar surface area (TPSA) is 86.8 Å². The van der Waals surface area contributed by atoms with Crippen LogP contribution in [0, 0.1) is 0 Å². The number of sulfonamides is 1. The van der Waals surface area contributed by atoms with Crippen LogP contribution in [0.15, 0.2) is 88.2 Å². The molecule has 0 spiro atoms. The van der Waals surface area contributed by atoms with Crippen LogP contribution < -0.4 is 9.62 Å². The highest BCUT2D eigenvalue weighted by Gasteiger charge is 2.32. The van der Waals surface area contributed by atoms with Crippen LogP contribution in [0.25, 0.3) is 0 Å². The van der Waals surface area contributed by atoms with E-state index in [-0.39, 0.29) is 29.3 Å². The van der Waals surface area contributed by atoms with Crippen LogP contribution in [0.5, 0.6) is 0 Å². The molecule has 40 heavy (non-hydrogen) atoms. The van der Waals surface area contributed by atoms with Crippen LogP contribution in [0.1, 0.15) is 58.1 Å². The van der Waals surface area contributed by atoms with Crippen molar-refractivity contribution >= 4 is 43.5 Å². The summed E-state index contributed by atoms with van der Waals surface area (Å²) in [5.41, 5.74) is 2.24. The van der Waals surface area contributed by atoms with Gasteiger partial charge in [-0.1, -0.05) is 79.2 Å². The first-order chi connectivity index (χ1) is 18.9. The molecular formula is C31H38BrN3O4S. The third-order valence-corrected chi connectivity index (χ3v) is 9.15. The molecule has 0 unspecified atom stereocenters. The van der Waals surface area contributed by atoms with Gasteiger partial charge in [-0.2, -0.15) is 0 Å². The minimum atomic E-state index is -4.09. The van der Waals surface area contributed by atoms with Crippen molar-refractivity contribution in [2.24, 2.45) is 0 Å². The van der Waals surface area contributed by atoms with Gasteiger partial charge in [0.25, 0.3) is 10.0 Å². The molecule has 1 N–H and O–H groups in total. The lowest BCUT2D eigenvalue weighted by Crippen LogP contribution is -2.52. The fourth-order valence-electron chi connectivity index (χ4n) is 4.15. The van der Waals surface area contributed by atoms with E-state index in [1.807, 2.05) is 50.2 Å². The first-order valence-electron chi connectivity index (χ1n) is 13.5. The summed E-state index contributed by atoms with van der Waals surface area (Å²) < 4.78 is 29.7. The summed E-state index contributed by atoms with van der Waals surface area (Å²) in [6.45, 7) is 9.33. The average Bonchev–Trinajstić information content (AvgIpc) is 2.94. The van der Waals surface area contributed by atoms with Crippen LogP contribution in [0.3, 0.4) is 0 Å². The molecule has 2 atom stereocenters. The van der Waals surface area contributed by atoms with Gasteiger partial charge in [-0.25, -0.2) is 8.42 Å². The largest absolute Gasteiger partial charge is 0.352 e. The van der Waals surface area contributed by atoms with Gasteiger partial charge in [0, 0.05) is 17.1 Å². The number of hydrogen-bond donors (Lipinski definition) is 1. The molecule has 0 fully saturated rings. The van der Waals surface area contributed by atoms with Gasteiger partial charge in [-0.05, 0) is 73.7 Å². The summed E-state index contributed by atoms with van der Waals surface area (Å²) in [5.74, 6) is -0.518. The van der Waals surface area contributed by atoms with Crippen molar-refractivity contribution < 1.29 is 18.0 Å². The van der Waals surface area contributed by atoms with Gasteiger partial charge in [0.2, 0.25) is 11.8 Å². The molecular weight excluding hydrogens is 590 g/mol. The first-order valence-corrected chi connectivity index (χ1v) is 15.7. The Kier molecular flexibility index (Phi) is 10.9. The van der Waals surface area contributed by atoms with Crippen molar-refractivity contribution in [1.82, 2.24) is 10.2 Å². The lowest BCUT2D eigenvalue weighted by molar-refractivity contribution is -0.139. The summed E-state index contributed by atoms with van der Waals surface area (Å²) in [4.78, 5) is 28.7. The number of anilines is 1. The van der Waals surface area contributed by atoms with E-state index in [1.54, 1.807) is 37.3 Å². The molecule has 3 aromatic rings. The number of halogens is 1. The predicted octanol–water partition coefficient (Wildman–Crippen LogP) is 6.10. The molecule has 3 aromatic carbocycles. The summed E-state index contributed by atoms with van der Waals surface area (Å²) in [6, 6.07) is 21.8. The fraction of sp³-hybridized carbons (Fsp3) is 0.355. The van der Waals surface area contributed by atoms with Crippen LogP contribution in [0.4, 0.5) is 5.69 Å². The molecule has 0 bridgehead atoms. The Hall–Kier alpha value is -3.17. The van der Waals surface area contributed by atoms with Gasteiger partial charge < -0.3 is 10.2 Å². The molecule has 3 rings (SSSR count). The van der Waals surface area contributed by atoms with E-state index >= 15 is 0 Å². The van der Waals surface area contributed by atoms with E-state index < -0.39 is 28.5 Å². The van der Waals surface area contributed by atoms with Crippen molar-refractivity contribution in [3.8, 4) is 0 Å². The van der Waals surface area contributed by atoms with E-state index in [1.165, 1.54) is 17.0 Å². The number of carbonyl (C=O) groups excluding carboxylic acids is 2. The van der Waals surface area contributed by atoms with Crippen LogP contribution in [-0.4, -0.2) is 43.8 Å². The van der Waals surface area contributed by atoms with E-state index in [0.717, 1.165) is 26.3 Å². The van der Waals surface area contributed by atoms with Gasteiger partial charge in [0.05, 0.1) is 10.6 Å². The first kappa shape index (κ1) is 31.4. The van der Waals surface area contributed by atoms with E-state index in [2.05, 4.69) is 35.1 Å². The zero-order chi connectivity index (χ0) is 29.4. The molecule has 0 heterocycles. The number of amides is 2. The molecule has 7 nitrogen and oxygen atoms in total. The summed E-state index contributed by atoms with van der Waals surface area (Å²) in [6.07, 6.45) is 0.744. The minimum absolute atomic E-state index is 0.0628. The zero-order valence-electron chi connectivity index (χ0n) is 23.7. The van der Waals surface area contributed by atoms with Crippen LogP contribution >= 0.6 is 15.9 Å². The molecule has 0 aliphatic rings. The second kappa shape index (κ2) is 13.9. The number of rotatable bonds is 12. The maximum atomic E-state index is 14.0. The maximum Gasteiger partial charge on any atom is 0.264 e. The highest BCUT2D eigenvalue weighted by molar-refractivity contribution is 9.10. The van der Waals surface area contributed by atoms with Crippen molar-refractivity contribution in [3.63, 3.8) is 0 Å². The second-order valence-corrected chi connectivity index (χ2v) is 13.0. The number of benzene rings is 3. The Bertz CT molecular complexity index is 1400. The Morgan fingerprint density at radius 3 is 2.12 bits per heavy atom. The van der Waals surface area contributed by atoms with Crippen LogP contribution in [-0.2, 0) is 26.2 Å². The summed E-state index contributed by atoms with van der Waals surface area (Å²) in [5, 5.41) is 2.95. The molecule has 0 aromatic heterocycles. The molecule has 2 amide bonds. The molecule has 214 valence electrons. The predicted molar refractivity (Wildman–Crippen MR) is 164 cm³/mol. The molecule has 0 saturated heterocycles. The number of nitrogens with one attached hydrogen (secondary N) is 1. The molecule has 0 aliphatic carbocycles. The summed E-state index contributed by atoms with van der Waals surface area (Å²) in [7, 11) is -4.09. The smallest absolute Gasteiger partial charge is 0.264 e. The van der Waals surface area contributed by atoms with Gasteiger partial charge in [0.15, 0.2) is 0 Å². The van der Waals surface area contributed by atoms with Crippen molar-refractivity contribution in [3.05, 3.63) is 94.5 Å².